The van der Waals surface area contributed by atoms with Crippen LogP contribution in [-0.4, -0.2) is 12.4 Å². The summed E-state index contributed by atoms with van der Waals surface area (Å²) in [6.45, 7) is 0. The number of hydrogen-bond donors (Lipinski definition) is 0. The SMILES string of the molecule is [NH-]C(=O)Oc1ccc(CC=O)cc1.[NH2-].[Y]. The van der Waals surface area contributed by atoms with Gasteiger partial charge in [-0.3, -0.25) is 4.79 Å². The molecule has 0 saturated carbocycles. The van der Waals surface area contributed by atoms with Gasteiger partial charge in [0.2, 0.25) is 6.09 Å². The molecule has 3 N–H and O–H groups in total. The van der Waals surface area contributed by atoms with Crippen molar-refractivity contribution in [1.82, 2.24) is 0 Å². The molecule has 0 unspecified atom stereocenters. The van der Waals surface area contributed by atoms with Gasteiger partial charge < -0.3 is 21.4 Å². The molecule has 0 aromatic heterocycles. The summed E-state index contributed by atoms with van der Waals surface area (Å²) in [5, 5.41) is 0. The van der Waals surface area contributed by atoms with Gasteiger partial charge in [0, 0.05) is 39.1 Å². The Balaban J connectivity index is 0. The first-order chi connectivity index (χ1) is 6.22. The topological polar surface area (TPSA) is 101 Å². The van der Waals surface area contributed by atoms with E-state index >= 15 is 0 Å². The van der Waals surface area contributed by atoms with Gasteiger partial charge in [0.05, 0.1) is 0 Å². The van der Waals surface area contributed by atoms with Crippen molar-refractivity contribution in [2.45, 2.75) is 6.42 Å². The van der Waals surface area contributed by atoms with Crippen molar-refractivity contribution >= 4 is 12.4 Å². The minimum atomic E-state index is -1.09. The van der Waals surface area contributed by atoms with Crippen molar-refractivity contribution < 1.29 is 47.0 Å². The minimum Gasteiger partial charge on any atom is -0.693 e. The summed E-state index contributed by atoms with van der Waals surface area (Å²) in [7, 11) is 0. The number of ether oxygens (including phenoxy) is 1. The van der Waals surface area contributed by atoms with Gasteiger partial charge in [-0.25, -0.2) is 0 Å². The van der Waals surface area contributed by atoms with E-state index in [9.17, 15) is 9.59 Å². The molecular formula is C9H10N2O3Y-2. The van der Waals surface area contributed by atoms with E-state index in [4.69, 9.17) is 5.73 Å². The van der Waals surface area contributed by atoms with Crippen LogP contribution < -0.4 is 4.74 Å². The summed E-state index contributed by atoms with van der Waals surface area (Å²) in [4.78, 5) is 20.3. The Morgan fingerprint density at radius 2 is 1.87 bits per heavy atom. The van der Waals surface area contributed by atoms with Crippen LogP contribution in [0.5, 0.6) is 5.75 Å². The summed E-state index contributed by atoms with van der Waals surface area (Å²) >= 11 is 0. The molecule has 1 aromatic carbocycles. The first-order valence-corrected chi connectivity index (χ1v) is 3.68. The maximum atomic E-state index is 10.2. The van der Waals surface area contributed by atoms with E-state index in [1.807, 2.05) is 0 Å². The maximum absolute atomic E-state index is 10.2. The molecule has 0 aliphatic rings. The third-order valence-electron chi connectivity index (χ3n) is 1.45. The van der Waals surface area contributed by atoms with Crippen molar-refractivity contribution in [3.05, 3.63) is 41.7 Å². The fourth-order valence-corrected chi connectivity index (χ4v) is 0.897. The summed E-state index contributed by atoms with van der Waals surface area (Å²) in [5.41, 5.74) is 7.38. The molecule has 1 rings (SSSR count). The molecule has 0 spiro atoms. The normalized spacial score (nSPS) is 8.00. The predicted molar refractivity (Wildman–Crippen MR) is 51.8 cm³/mol. The minimum absolute atomic E-state index is 0. The van der Waals surface area contributed by atoms with Crippen LogP contribution in [0.2, 0.25) is 0 Å². The predicted octanol–water partition coefficient (Wildman–Crippen LogP) is 2.69. The summed E-state index contributed by atoms with van der Waals surface area (Å²) in [5.74, 6) is 0.314. The van der Waals surface area contributed by atoms with Crippen LogP contribution in [-0.2, 0) is 43.9 Å². The van der Waals surface area contributed by atoms with Crippen LogP contribution in [0, 0.1) is 0 Å². The van der Waals surface area contributed by atoms with Gasteiger partial charge in [-0.05, 0) is 17.7 Å². The zero-order valence-electron chi connectivity index (χ0n) is 7.97. The molecule has 1 radical (unpaired) electrons. The number of benzene rings is 1. The van der Waals surface area contributed by atoms with Crippen molar-refractivity contribution in [3.63, 3.8) is 0 Å². The largest absolute Gasteiger partial charge is 0.693 e. The second kappa shape index (κ2) is 8.53. The van der Waals surface area contributed by atoms with Gasteiger partial charge >= 0.3 is 0 Å². The Morgan fingerprint density at radius 3 is 2.27 bits per heavy atom. The quantitative estimate of drug-likeness (QED) is 0.797. The Labute approximate surface area is 113 Å². The molecule has 0 bridgehead atoms. The van der Waals surface area contributed by atoms with E-state index in [1.54, 1.807) is 24.3 Å². The summed E-state index contributed by atoms with van der Waals surface area (Å²) < 4.78 is 4.49. The van der Waals surface area contributed by atoms with Gasteiger partial charge in [-0.1, -0.05) is 12.1 Å². The standard InChI is InChI=1S/C9H9NO3.H2N.Y/c10-9(12)13-8-3-1-7(2-4-8)5-6-11;;/h1-4,6H,5H2,(H2,10,12);1H2;/q;-1;/p-1. The average molecular weight is 283 g/mol. The van der Waals surface area contributed by atoms with Crippen LogP contribution in [0.3, 0.4) is 0 Å². The Hall–Kier alpha value is -0.776. The number of rotatable bonds is 3. The van der Waals surface area contributed by atoms with Gasteiger partial charge in [0.1, 0.15) is 12.0 Å². The molecule has 15 heavy (non-hydrogen) atoms. The number of carbonyl (C=O) groups is 2. The van der Waals surface area contributed by atoms with Crippen molar-refractivity contribution in [2.24, 2.45) is 0 Å². The number of aldehydes is 1. The van der Waals surface area contributed by atoms with Gasteiger partial charge in [-0.15, -0.1) is 0 Å². The van der Waals surface area contributed by atoms with Crippen LogP contribution in [0.4, 0.5) is 4.79 Å². The van der Waals surface area contributed by atoms with E-state index < -0.39 is 6.09 Å². The number of nitrogens with one attached hydrogen (secondary N) is 1. The fraction of sp³-hybridized carbons (Fsp3) is 0.111. The zero-order valence-corrected chi connectivity index (χ0v) is 10.8. The number of hydrogen-bond acceptors (Lipinski definition) is 3. The Morgan fingerprint density at radius 1 is 1.33 bits per heavy atom. The second-order valence-electron chi connectivity index (χ2n) is 2.40. The molecule has 6 heteroatoms. The molecule has 0 aliphatic carbocycles. The van der Waals surface area contributed by atoms with Gasteiger partial charge in [-0.2, -0.15) is 0 Å². The van der Waals surface area contributed by atoms with Crippen LogP contribution in [0.1, 0.15) is 5.56 Å². The Bertz CT molecular complexity index is 314. The Kier molecular flexibility index (Phi) is 9.46. The molecule has 79 valence electrons. The van der Waals surface area contributed by atoms with E-state index in [0.717, 1.165) is 11.8 Å². The third kappa shape index (κ3) is 6.33. The molecule has 1 aromatic rings. The van der Waals surface area contributed by atoms with Crippen LogP contribution in [0.15, 0.2) is 24.3 Å². The van der Waals surface area contributed by atoms with Crippen LogP contribution >= 0.6 is 0 Å². The summed E-state index contributed by atoms with van der Waals surface area (Å²) in [6, 6.07) is 6.44. The van der Waals surface area contributed by atoms with Gasteiger partial charge in [0.25, 0.3) is 0 Å². The molecule has 0 fully saturated rings. The maximum Gasteiger partial charge on any atom is 0.232 e. The molecule has 1 amide bonds. The number of carbonyl (C=O) groups excluding carboxylic acids is 2. The zero-order chi connectivity index (χ0) is 9.68. The van der Waals surface area contributed by atoms with E-state index in [-0.39, 0.29) is 38.9 Å². The molecule has 0 aliphatic heterocycles. The fourth-order valence-electron chi connectivity index (χ4n) is 0.897. The molecular weight excluding hydrogens is 273 g/mol. The van der Waals surface area contributed by atoms with E-state index in [1.165, 1.54) is 0 Å². The molecule has 0 heterocycles. The van der Waals surface area contributed by atoms with Crippen molar-refractivity contribution in [3.8, 4) is 5.75 Å². The molecule has 0 saturated heterocycles. The van der Waals surface area contributed by atoms with E-state index in [2.05, 4.69) is 4.74 Å². The third-order valence-corrected chi connectivity index (χ3v) is 1.45. The van der Waals surface area contributed by atoms with Crippen LogP contribution in [0.25, 0.3) is 11.9 Å². The number of nitrogens with two attached hydrogens (primary N) is 1. The van der Waals surface area contributed by atoms with Crippen molar-refractivity contribution in [2.75, 3.05) is 0 Å². The average Bonchev–Trinajstić information content (AvgIpc) is 2.08. The van der Waals surface area contributed by atoms with Gasteiger partial charge in [0.15, 0.2) is 0 Å². The first kappa shape index (κ1) is 16.6. The summed E-state index contributed by atoms with van der Waals surface area (Å²) in [6.07, 6.45) is 0.0452. The molecule has 0 atom stereocenters. The second-order valence-corrected chi connectivity index (χ2v) is 2.40. The molecule has 5 nitrogen and oxygen atoms in total. The monoisotopic (exact) mass is 283 g/mol. The first-order valence-electron chi connectivity index (χ1n) is 3.68. The van der Waals surface area contributed by atoms with Crippen molar-refractivity contribution in [1.29, 1.82) is 0 Å². The van der Waals surface area contributed by atoms with E-state index in [0.29, 0.717) is 12.2 Å². The number of amides is 1. The smallest absolute Gasteiger partial charge is 0.232 e.